The van der Waals surface area contributed by atoms with Crippen molar-refractivity contribution in [3.8, 4) is 0 Å². The molecule has 0 radical (unpaired) electrons. The molecule has 182 valence electrons. The Morgan fingerprint density at radius 3 is 2.38 bits per heavy atom. The van der Waals surface area contributed by atoms with Gasteiger partial charge in [-0.25, -0.2) is 4.98 Å². The number of benzene rings is 1. The van der Waals surface area contributed by atoms with Crippen molar-refractivity contribution >= 4 is 28.9 Å². The quantitative estimate of drug-likeness (QED) is 0.512. The first-order chi connectivity index (χ1) is 16.5. The zero-order chi connectivity index (χ0) is 24.1. The van der Waals surface area contributed by atoms with Gasteiger partial charge in [-0.05, 0) is 39.5 Å². The van der Waals surface area contributed by atoms with Crippen LogP contribution in [0.2, 0.25) is 0 Å². The van der Waals surface area contributed by atoms with Crippen molar-refractivity contribution in [2.24, 2.45) is 5.92 Å². The maximum absolute atomic E-state index is 13.2. The van der Waals surface area contributed by atoms with E-state index in [0.29, 0.717) is 23.7 Å². The highest BCUT2D eigenvalue weighted by Crippen LogP contribution is 2.33. The number of nitrogens with zero attached hydrogens (tertiary/aromatic N) is 3. The number of piperidine rings is 1. The fraction of sp³-hybridized carbons (Fsp3) is 0.556. The molecular formula is C27H35N3O3S. The summed E-state index contributed by atoms with van der Waals surface area (Å²) in [6, 6.07) is 8.54. The van der Waals surface area contributed by atoms with Crippen LogP contribution in [0.15, 0.2) is 35.7 Å². The topological polar surface area (TPSA) is 70.6 Å². The van der Waals surface area contributed by atoms with Crippen LogP contribution in [0, 0.1) is 5.92 Å². The number of aromatic nitrogens is 1. The second-order valence-corrected chi connectivity index (χ2v) is 10.4. The number of amides is 2. The molecule has 1 aliphatic heterocycles. The number of hydrogen-bond donors (Lipinski definition) is 0. The summed E-state index contributed by atoms with van der Waals surface area (Å²) >= 11 is 1.52. The van der Waals surface area contributed by atoms with Crippen molar-refractivity contribution in [3.63, 3.8) is 0 Å². The molecule has 2 aliphatic rings. The van der Waals surface area contributed by atoms with Crippen LogP contribution in [-0.4, -0.2) is 58.1 Å². The molecule has 2 aromatic rings. The molecule has 34 heavy (non-hydrogen) atoms. The van der Waals surface area contributed by atoms with Crippen molar-refractivity contribution in [1.29, 1.82) is 0 Å². The molecule has 0 N–H and O–H groups in total. The fourth-order valence-corrected chi connectivity index (χ4v) is 6.22. The van der Waals surface area contributed by atoms with Gasteiger partial charge in [-0.15, -0.1) is 11.3 Å². The van der Waals surface area contributed by atoms with Crippen LogP contribution in [0.25, 0.3) is 0 Å². The van der Waals surface area contributed by atoms with E-state index >= 15 is 0 Å². The molecule has 2 amide bonds. The molecule has 4 rings (SSSR count). The molecular weight excluding hydrogens is 446 g/mol. The van der Waals surface area contributed by atoms with Crippen LogP contribution in [0.1, 0.15) is 90.6 Å². The molecule has 7 heteroatoms. The van der Waals surface area contributed by atoms with Gasteiger partial charge in [0.15, 0.2) is 5.78 Å². The first-order valence-corrected chi connectivity index (χ1v) is 13.5. The third-order valence-corrected chi connectivity index (χ3v) is 8.37. The molecule has 1 aromatic heterocycles. The smallest absolute Gasteiger partial charge is 0.273 e. The van der Waals surface area contributed by atoms with Crippen LogP contribution in [-0.2, 0) is 4.79 Å². The molecule has 2 fully saturated rings. The second kappa shape index (κ2) is 11.3. The molecule has 1 saturated carbocycles. The van der Waals surface area contributed by atoms with Crippen molar-refractivity contribution in [2.75, 3.05) is 19.6 Å². The minimum absolute atomic E-state index is 0.0683. The first-order valence-electron chi connectivity index (χ1n) is 12.6. The lowest BCUT2D eigenvalue weighted by molar-refractivity contribution is -0.137. The predicted molar refractivity (Wildman–Crippen MR) is 134 cm³/mol. The fourth-order valence-electron chi connectivity index (χ4n) is 5.25. The van der Waals surface area contributed by atoms with E-state index in [1.165, 1.54) is 30.6 Å². The average Bonchev–Trinajstić information content (AvgIpc) is 3.39. The highest BCUT2D eigenvalue weighted by molar-refractivity contribution is 7.09. The number of rotatable bonds is 7. The van der Waals surface area contributed by atoms with E-state index in [9.17, 15) is 14.4 Å². The van der Waals surface area contributed by atoms with E-state index < -0.39 is 6.04 Å². The summed E-state index contributed by atoms with van der Waals surface area (Å²) < 4.78 is 0. The lowest BCUT2D eigenvalue weighted by Gasteiger charge is -2.34. The van der Waals surface area contributed by atoms with E-state index in [2.05, 4.69) is 4.98 Å². The summed E-state index contributed by atoms with van der Waals surface area (Å²) in [4.78, 5) is 47.3. The van der Waals surface area contributed by atoms with Gasteiger partial charge in [0.2, 0.25) is 5.91 Å². The second-order valence-electron chi connectivity index (χ2n) is 9.50. The Bertz CT molecular complexity index is 992. The summed E-state index contributed by atoms with van der Waals surface area (Å²) in [7, 11) is 0. The Balaban J connectivity index is 1.36. The Labute approximate surface area is 206 Å². The zero-order valence-electron chi connectivity index (χ0n) is 20.2. The minimum atomic E-state index is -0.556. The van der Waals surface area contributed by atoms with Crippen LogP contribution in [0.3, 0.4) is 0 Å². The van der Waals surface area contributed by atoms with Crippen molar-refractivity contribution in [1.82, 2.24) is 14.8 Å². The maximum Gasteiger partial charge on any atom is 0.273 e. The van der Waals surface area contributed by atoms with E-state index in [-0.39, 0.29) is 23.5 Å². The van der Waals surface area contributed by atoms with Crippen molar-refractivity contribution in [3.05, 3.63) is 52.0 Å². The number of hydrogen-bond acceptors (Lipinski definition) is 5. The molecule has 1 unspecified atom stereocenters. The molecule has 2 heterocycles. The number of carbonyl (C=O) groups is 3. The van der Waals surface area contributed by atoms with Crippen molar-refractivity contribution in [2.45, 2.75) is 70.8 Å². The SMILES string of the molecule is CCN(C(=O)c1csc(C2CCN(C(=O)C3CCCCC3)CC2)n1)C(C)C(=O)c1ccccc1. The monoisotopic (exact) mass is 481 g/mol. The Morgan fingerprint density at radius 2 is 1.74 bits per heavy atom. The molecule has 1 aliphatic carbocycles. The number of ketones is 1. The Morgan fingerprint density at radius 1 is 1.06 bits per heavy atom. The van der Waals surface area contributed by atoms with Crippen LogP contribution in [0.4, 0.5) is 0 Å². The number of likely N-dealkylation sites (N-methyl/N-ethyl adjacent to an activating group) is 1. The Kier molecular flexibility index (Phi) is 8.14. The highest BCUT2D eigenvalue weighted by Gasteiger charge is 2.32. The van der Waals surface area contributed by atoms with Gasteiger partial charge in [0.05, 0.1) is 11.0 Å². The number of likely N-dealkylation sites (tertiary alicyclic amines) is 1. The largest absolute Gasteiger partial charge is 0.342 e. The third kappa shape index (κ3) is 5.40. The molecule has 1 atom stereocenters. The van der Waals surface area contributed by atoms with Gasteiger partial charge >= 0.3 is 0 Å². The average molecular weight is 482 g/mol. The van der Waals surface area contributed by atoms with E-state index in [0.717, 1.165) is 43.8 Å². The number of carbonyl (C=O) groups excluding carboxylic acids is 3. The summed E-state index contributed by atoms with van der Waals surface area (Å²) in [5.41, 5.74) is 1.02. The van der Waals surface area contributed by atoms with Gasteiger partial charge in [-0.1, -0.05) is 49.6 Å². The van der Waals surface area contributed by atoms with Gasteiger partial charge in [-0.3, -0.25) is 14.4 Å². The van der Waals surface area contributed by atoms with Gasteiger partial charge in [0.1, 0.15) is 5.69 Å². The van der Waals surface area contributed by atoms with E-state index in [1.807, 2.05) is 35.4 Å². The standard InChI is InChI=1S/C27H35N3O3S/c1-3-30(19(2)24(31)20-10-6-4-7-11-20)27(33)23-18-34-25(28-23)21-14-16-29(17-15-21)26(32)22-12-8-5-9-13-22/h4,6-7,10-11,18-19,21-22H,3,5,8-9,12-17H2,1-2H3. The van der Waals surface area contributed by atoms with Gasteiger partial charge in [0, 0.05) is 42.4 Å². The summed E-state index contributed by atoms with van der Waals surface area (Å²) in [6.45, 7) is 5.65. The molecule has 1 aromatic carbocycles. The van der Waals surface area contributed by atoms with E-state index in [4.69, 9.17) is 0 Å². The highest BCUT2D eigenvalue weighted by atomic mass is 32.1. The number of thiazole rings is 1. The summed E-state index contributed by atoms with van der Waals surface area (Å²) in [6.07, 6.45) is 7.46. The van der Waals surface area contributed by atoms with Crippen LogP contribution >= 0.6 is 11.3 Å². The first kappa shape index (κ1) is 24.6. The van der Waals surface area contributed by atoms with Gasteiger partial charge < -0.3 is 9.80 Å². The minimum Gasteiger partial charge on any atom is -0.342 e. The predicted octanol–water partition coefficient (Wildman–Crippen LogP) is 5.16. The maximum atomic E-state index is 13.2. The zero-order valence-corrected chi connectivity index (χ0v) is 21.1. The molecule has 1 saturated heterocycles. The van der Waals surface area contributed by atoms with Gasteiger partial charge in [0.25, 0.3) is 5.91 Å². The van der Waals surface area contributed by atoms with Crippen molar-refractivity contribution < 1.29 is 14.4 Å². The van der Waals surface area contributed by atoms with Crippen LogP contribution < -0.4 is 0 Å². The van der Waals surface area contributed by atoms with E-state index in [1.54, 1.807) is 24.0 Å². The van der Waals surface area contributed by atoms with Crippen LogP contribution in [0.5, 0.6) is 0 Å². The third-order valence-electron chi connectivity index (χ3n) is 7.36. The summed E-state index contributed by atoms with van der Waals surface area (Å²) in [5, 5.41) is 2.78. The lowest BCUT2D eigenvalue weighted by atomic mass is 9.87. The number of Topliss-reactive ketones (excluding diaryl/α,β-unsaturated/α-hetero) is 1. The molecule has 0 spiro atoms. The summed E-state index contributed by atoms with van der Waals surface area (Å²) in [5.74, 6) is 0.562. The molecule has 6 nitrogen and oxygen atoms in total. The van der Waals surface area contributed by atoms with Gasteiger partial charge in [-0.2, -0.15) is 0 Å². The normalized spacial score (nSPS) is 18.5. The Hall–Kier alpha value is -2.54. The lowest BCUT2D eigenvalue weighted by Crippen LogP contribution is -2.43. The molecule has 0 bridgehead atoms.